The summed E-state index contributed by atoms with van der Waals surface area (Å²) in [5, 5.41) is 12.6. The number of rotatable bonds is 6. The molecule has 1 N–H and O–H groups in total. The first-order valence-corrected chi connectivity index (χ1v) is 13.9. The smallest absolute Gasteiger partial charge is 0.261 e. The van der Waals surface area contributed by atoms with E-state index in [9.17, 15) is 14.7 Å². The lowest BCUT2D eigenvalue weighted by Gasteiger charge is -2.52. The molecule has 2 atom stereocenters. The average Bonchev–Trinajstić information content (AvgIpc) is 3.37. The van der Waals surface area contributed by atoms with Gasteiger partial charge >= 0.3 is 0 Å². The summed E-state index contributed by atoms with van der Waals surface area (Å²) in [5.74, 6) is 1.55. The molecule has 1 saturated heterocycles. The predicted octanol–water partition coefficient (Wildman–Crippen LogP) is 4.54. The van der Waals surface area contributed by atoms with Crippen molar-refractivity contribution in [2.75, 3.05) is 20.2 Å². The summed E-state index contributed by atoms with van der Waals surface area (Å²) in [5.41, 5.74) is -0.980. The Morgan fingerprint density at radius 2 is 1.92 bits per heavy atom. The van der Waals surface area contributed by atoms with Gasteiger partial charge in [-0.1, -0.05) is 51.9 Å². The summed E-state index contributed by atoms with van der Waals surface area (Å²) < 4.78 is 6.86. The van der Waals surface area contributed by atoms with Crippen LogP contribution in [-0.4, -0.2) is 51.3 Å². The monoisotopic (exact) mass is 495 g/mol. The van der Waals surface area contributed by atoms with Crippen LogP contribution < -0.4 is 10.3 Å². The van der Waals surface area contributed by atoms with E-state index in [1.165, 1.54) is 32.1 Å². The van der Waals surface area contributed by atoms with Crippen molar-refractivity contribution < 1.29 is 14.6 Å². The molecule has 1 spiro atoms. The number of hydrogen-bond donors (Lipinski definition) is 1. The first-order chi connectivity index (χ1) is 17.3. The van der Waals surface area contributed by atoms with Crippen molar-refractivity contribution in [2.45, 2.75) is 89.7 Å². The molecule has 0 radical (unpaired) electrons. The van der Waals surface area contributed by atoms with Crippen molar-refractivity contribution in [1.29, 1.82) is 0 Å². The maximum atomic E-state index is 13.5. The molecule has 1 amide bonds. The Bertz CT molecular complexity index is 1150. The number of fused-ring (bicyclic) bond motifs is 1. The van der Waals surface area contributed by atoms with Gasteiger partial charge in [0.25, 0.3) is 5.56 Å². The normalized spacial score (nSPS) is 25.4. The maximum Gasteiger partial charge on any atom is 0.261 e. The molecule has 1 unspecified atom stereocenters. The van der Waals surface area contributed by atoms with Crippen LogP contribution in [0, 0.1) is 17.3 Å². The van der Waals surface area contributed by atoms with Crippen molar-refractivity contribution >= 4 is 16.8 Å². The van der Waals surface area contributed by atoms with Crippen LogP contribution in [0.4, 0.5) is 0 Å². The Morgan fingerprint density at radius 3 is 2.64 bits per heavy atom. The first kappa shape index (κ1) is 25.2. The van der Waals surface area contributed by atoms with Crippen LogP contribution in [-0.2, 0) is 11.3 Å². The summed E-state index contributed by atoms with van der Waals surface area (Å²) in [6.45, 7) is 3.41. The van der Waals surface area contributed by atoms with Crippen LogP contribution in [0.15, 0.2) is 29.3 Å². The van der Waals surface area contributed by atoms with Gasteiger partial charge in [0, 0.05) is 24.4 Å². The lowest BCUT2D eigenvalue weighted by molar-refractivity contribution is -0.163. The quantitative estimate of drug-likeness (QED) is 0.636. The SMILES string of the molecule is COc1ccc2ncn(CC3(O)CCN(C(=O)[C@H](C)CC4CCCCC4)CC34CCCC4)c(=O)c2c1. The van der Waals surface area contributed by atoms with Crippen LogP contribution in [0.1, 0.15) is 77.6 Å². The standard InChI is InChI=1S/C29H41N3O4/c1-21(16-22-8-4-3-5-9-22)26(33)31-15-14-29(35,28(18-31)12-6-7-13-28)19-32-20-30-25-11-10-23(36-2)17-24(25)27(32)34/h10-11,17,20-22,35H,3-9,12-16,18-19H2,1-2H3/t21-,29?/m1/s1. The molecule has 1 aromatic heterocycles. The Morgan fingerprint density at radius 1 is 1.17 bits per heavy atom. The van der Waals surface area contributed by atoms with Gasteiger partial charge in [0.1, 0.15) is 5.75 Å². The molecule has 1 aliphatic heterocycles. The average molecular weight is 496 g/mol. The second-order valence-electron chi connectivity index (χ2n) is 11.7. The first-order valence-electron chi connectivity index (χ1n) is 13.9. The van der Waals surface area contributed by atoms with Crippen LogP contribution in [0.5, 0.6) is 5.75 Å². The summed E-state index contributed by atoms with van der Waals surface area (Å²) in [4.78, 5) is 33.4. The number of nitrogens with zero attached hydrogens (tertiary/aromatic N) is 3. The molecule has 1 aromatic carbocycles. The molecule has 7 nitrogen and oxygen atoms in total. The fraction of sp³-hybridized carbons (Fsp3) is 0.690. The van der Waals surface area contributed by atoms with Gasteiger partial charge in [0.15, 0.2) is 0 Å². The van der Waals surface area contributed by atoms with Gasteiger partial charge in [-0.15, -0.1) is 0 Å². The number of ether oxygens (including phenoxy) is 1. The zero-order valence-corrected chi connectivity index (χ0v) is 21.9. The third-order valence-electron chi connectivity index (χ3n) is 9.44. The number of methoxy groups -OCH3 is 1. The van der Waals surface area contributed by atoms with E-state index in [2.05, 4.69) is 11.9 Å². The largest absolute Gasteiger partial charge is 0.497 e. The Hall–Kier alpha value is -2.41. The topological polar surface area (TPSA) is 84.7 Å². The van der Waals surface area contributed by atoms with Gasteiger partial charge in [0.05, 0.1) is 36.5 Å². The van der Waals surface area contributed by atoms with Crippen LogP contribution in [0.3, 0.4) is 0 Å². The number of benzene rings is 1. The summed E-state index contributed by atoms with van der Waals surface area (Å²) >= 11 is 0. The highest BCUT2D eigenvalue weighted by atomic mass is 16.5. The van der Waals surface area contributed by atoms with Gasteiger partial charge in [-0.05, 0) is 49.8 Å². The molecular formula is C29H41N3O4. The van der Waals surface area contributed by atoms with Gasteiger partial charge in [-0.25, -0.2) is 4.98 Å². The van der Waals surface area contributed by atoms with Crippen LogP contribution in [0.2, 0.25) is 0 Å². The number of aliphatic hydroxyl groups is 1. The van der Waals surface area contributed by atoms with Gasteiger partial charge < -0.3 is 14.7 Å². The van der Waals surface area contributed by atoms with Gasteiger partial charge in [-0.2, -0.15) is 0 Å². The molecule has 3 fully saturated rings. The predicted molar refractivity (Wildman–Crippen MR) is 140 cm³/mol. The zero-order valence-electron chi connectivity index (χ0n) is 21.9. The molecule has 36 heavy (non-hydrogen) atoms. The second kappa shape index (κ2) is 10.2. The number of likely N-dealkylation sites (tertiary alicyclic amines) is 1. The van der Waals surface area contributed by atoms with Gasteiger partial charge in [0.2, 0.25) is 5.91 Å². The number of hydrogen-bond acceptors (Lipinski definition) is 5. The summed E-state index contributed by atoms with van der Waals surface area (Å²) in [6, 6.07) is 5.29. The lowest BCUT2D eigenvalue weighted by atomic mass is 9.65. The minimum Gasteiger partial charge on any atom is -0.497 e. The molecule has 2 aliphatic carbocycles. The highest BCUT2D eigenvalue weighted by Gasteiger charge is 2.55. The van der Waals surface area contributed by atoms with Crippen molar-refractivity contribution in [3.8, 4) is 5.75 Å². The van der Waals surface area contributed by atoms with Crippen molar-refractivity contribution in [1.82, 2.24) is 14.5 Å². The minimum atomic E-state index is -1.05. The molecule has 0 bridgehead atoms. The zero-order chi connectivity index (χ0) is 25.3. The van der Waals surface area contributed by atoms with Crippen molar-refractivity contribution in [2.24, 2.45) is 17.3 Å². The van der Waals surface area contributed by atoms with E-state index in [0.29, 0.717) is 42.1 Å². The highest BCUT2D eigenvalue weighted by molar-refractivity contribution is 5.79. The highest BCUT2D eigenvalue weighted by Crippen LogP contribution is 2.51. The molecule has 3 aliphatic rings. The van der Waals surface area contributed by atoms with Crippen LogP contribution >= 0.6 is 0 Å². The molecule has 2 aromatic rings. The van der Waals surface area contributed by atoms with E-state index in [4.69, 9.17) is 4.74 Å². The van der Waals surface area contributed by atoms with E-state index < -0.39 is 5.60 Å². The fourth-order valence-electron chi connectivity index (χ4n) is 7.28. The lowest BCUT2D eigenvalue weighted by Crippen LogP contribution is -2.62. The minimum absolute atomic E-state index is 0.0278. The third kappa shape index (κ3) is 4.67. The van der Waals surface area contributed by atoms with E-state index in [0.717, 1.165) is 32.1 Å². The molecule has 2 heterocycles. The van der Waals surface area contributed by atoms with E-state index in [-0.39, 0.29) is 29.3 Å². The number of carbonyl (C=O) groups excluding carboxylic acids is 1. The van der Waals surface area contributed by atoms with E-state index >= 15 is 0 Å². The van der Waals surface area contributed by atoms with E-state index in [1.807, 2.05) is 4.90 Å². The fourth-order valence-corrected chi connectivity index (χ4v) is 7.28. The molecule has 196 valence electrons. The Balaban J connectivity index is 1.35. The Kier molecular flexibility index (Phi) is 7.12. The van der Waals surface area contributed by atoms with Crippen LogP contribution in [0.25, 0.3) is 10.9 Å². The van der Waals surface area contributed by atoms with E-state index in [1.54, 1.807) is 36.2 Å². The Labute approximate surface area is 213 Å². The molecule has 5 rings (SSSR count). The number of amides is 1. The molecule has 2 saturated carbocycles. The van der Waals surface area contributed by atoms with Crippen molar-refractivity contribution in [3.63, 3.8) is 0 Å². The molecule has 7 heteroatoms. The third-order valence-corrected chi connectivity index (χ3v) is 9.44. The number of carbonyl (C=O) groups is 1. The summed E-state index contributed by atoms with van der Waals surface area (Å²) in [6.07, 6.45) is 13.3. The second-order valence-corrected chi connectivity index (χ2v) is 11.7. The van der Waals surface area contributed by atoms with Gasteiger partial charge in [-0.3, -0.25) is 14.2 Å². The number of aromatic nitrogens is 2. The summed E-state index contributed by atoms with van der Waals surface area (Å²) in [7, 11) is 1.58. The number of piperidine rings is 1. The molecular weight excluding hydrogens is 454 g/mol. The maximum absolute atomic E-state index is 13.5. The van der Waals surface area contributed by atoms with Crippen molar-refractivity contribution in [3.05, 3.63) is 34.9 Å².